The first kappa shape index (κ1) is 15.9. The van der Waals surface area contributed by atoms with Gasteiger partial charge in [0.05, 0.1) is 11.4 Å². The van der Waals surface area contributed by atoms with E-state index in [9.17, 15) is 0 Å². The summed E-state index contributed by atoms with van der Waals surface area (Å²) in [6.45, 7) is 8.28. The number of rotatable bonds is 3. The molecular formula is C17H22N8. The Morgan fingerprint density at radius 1 is 1.16 bits per heavy atom. The van der Waals surface area contributed by atoms with E-state index < -0.39 is 0 Å². The van der Waals surface area contributed by atoms with Crippen molar-refractivity contribution in [1.82, 2.24) is 34.8 Å². The van der Waals surface area contributed by atoms with Crippen molar-refractivity contribution in [2.24, 2.45) is 5.92 Å². The summed E-state index contributed by atoms with van der Waals surface area (Å²) in [5.74, 6) is 2.83. The highest BCUT2D eigenvalue weighted by molar-refractivity contribution is 5.58. The SMILES string of the molecule is CCc1nc2nnc(-c3ccnc(N4CCC(C)CC4)n3)c(C)n2n1. The van der Waals surface area contributed by atoms with Crippen LogP contribution in [0.1, 0.15) is 38.2 Å². The summed E-state index contributed by atoms with van der Waals surface area (Å²) in [6, 6.07) is 1.87. The molecule has 8 nitrogen and oxygen atoms in total. The van der Waals surface area contributed by atoms with Crippen molar-refractivity contribution in [1.29, 1.82) is 0 Å². The van der Waals surface area contributed by atoms with E-state index in [-0.39, 0.29) is 0 Å². The molecule has 1 fully saturated rings. The molecule has 1 saturated heterocycles. The minimum Gasteiger partial charge on any atom is -0.341 e. The molecule has 3 aromatic heterocycles. The third-order valence-corrected chi connectivity index (χ3v) is 4.80. The molecule has 1 aliphatic rings. The largest absolute Gasteiger partial charge is 0.341 e. The van der Waals surface area contributed by atoms with E-state index in [0.717, 1.165) is 48.6 Å². The molecule has 0 aromatic carbocycles. The Kier molecular flexibility index (Phi) is 4.03. The molecule has 4 rings (SSSR count). The lowest BCUT2D eigenvalue weighted by molar-refractivity contribution is 0.434. The Balaban J connectivity index is 1.71. The van der Waals surface area contributed by atoms with Gasteiger partial charge >= 0.3 is 0 Å². The molecule has 0 aliphatic carbocycles. The third-order valence-electron chi connectivity index (χ3n) is 4.80. The lowest BCUT2D eigenvalue weighted by Crippen LogP contribution is -2.34. The second-order valence-electron chi connectivity index (χ2n) is 6.64. The predicted octanol–water partition coefficient (Wildman–Crippen LogP) is 2.08. The monoisotopic (exact) mass is 338 g/mol. The molecular weight excluding hydrogens is 316 g/mol. The second kappa shape index (κ2) is 6.34. The molecule has 0 amide bonds. The Labute approximate surface area is 146 Å². The maximum Gasteiger partial charge on any atom is 0.272 e. The van der Waals surface area contributed by atoms with E-state index in [4.69, 9.17) is 4.98 Å². The zero-order valence-electron chi connectivity index (χ0n) is 14.8. The van der Waals surface area contributed by atoms with Gasteiger partial charge in [-0.05, 0) is 31.7 Å². The zero-order valence-corrected chi connectivity index (χ0v) is 14.8. The lowest BCUT2D eigenvalue weighted by Gasteiger charge is -2.30. The van der Waals surface area contributed by atoms with Crippen LogP contribution in [0.2, 0.25) is 0 Å². The number of piperidine rings is 1. The van der Waals surface area contributed by atoms with Crippen molar-refractivity contribution in [2.75, 3.05) is 18.0 Å². The van der Waals surface area contributed by atoms with Crippen molar-refractivity contribution >= 4 is 11.7 Å². The second-order valence-corrected chi connectivity index (χ2v) is 6.64. The van der Waals surface area contributed by atoms with Crippen LogP contribution in [-0.4, -0.2) is 47.9 Å². The summed E-state index contributed by atoms with van der Waals surface area (Å²) >= 11 is 0. The Bertz CT molecular complexity index is 895. The van der Waals surface area contributed by atoms with Crippen molar-refractivity contribution in [3.8, 4) is 11.4 Å². The molecule has 0 N–H and O–H groups in total. The Morgan fingerprint density at radius 2 is 1.96 bits per heavy atom. The van der Waals surface area contributed by atoms with Gasteiger partial charge in [-0.3, -0.25) is 0 Å². The fourth-order valence-corrected chi connectivity index (χ4v) is 3.13. The normalized spacial score (nSPS) is 15.9. The first-order valence-electron chi connectivity index (χ1n) is 8.83. The molecule has 25 heavy (non-hydrogen) atoms. The van der Waals surface area contributed by atoms with Gasteiger partial charge in [-0.2, -0.15) is 9.50 Å². The van der Waals surface area contributed by atoms with Crippen LogP contribution in [0.15, 0.2) is 12.3 Å². The molecule has 0 radical (unpaired) electrons. The first-order chi connectivity index (χ1) is 12.2. The Hall–Kier alpha value is -2.64. The standard InChI is InChI=1S/C17H22N8/c1-4-14-20-17-22-21-15(12(3)25(17)23-14)13-5-8-18-16(19-13)24-9-6-11(2)7-10-24/h5,8,11H,4,6-7,9-10H2,1-3H3. The van der Waals surface area contributed by atoms with Crippen LogP contribution in [-0.2, 0) is 6.42 Å². The average Bonchev–Trinajstić information content (AvgIpc) is 3.07. The summed E-state index contributed by atoms with van der Waals surface area (Å²) in [6.07, 6.45) is 4.91. The quantitative estimate of drug-likeness (QED) is 0.723. The van der Waals surface area contributed by atoms with Gasteiger partial charge in [0.1, 0.15) is 5.69 Å². The molecule has 130 valence electrons. The number of hydrogen-bond acceptors (Lipinski definition) is 7. The van der Waals surface area contributed by atoms with Crippen LogP contribution in [0.5, 0.6) is 0 Å². The summed E-state index contributed by atoms with van der Waals surface area (Å²) in [5, 5.41) is 13.0. The van der Waals surface area contributed by atoms with Crippen LogP contribution < -0.4 is 4.90 Å². The zero-order chi connectivity index (χ0) is 17.4. The van der Waals surface area contributed by atoms with Gasteiger partial charge in [-0.25, -0.2) is 9.97 Å². The lowest BCUT2D eigenvalue weighted by atomic mass is 10.00. The van der Waals surface area contributed by atoms with Crippen LogP contribution in [0.25, 0.3) is 17.2 Å². The van der Waals surface area contributed by atoms with Gasteiger partial charge in [-0.15, -0.1) is 15.3 Å². The predicted molar refractivity (Wildman–Crippen MR) is 94.3 cm³/mol. The van der Waals surface area contributed by atoms with Crippen LogP contribution >= 0.6 is 0 Å². The first-order valence-corrected chi connectivity index (χ1v) is 8.83. The molecule has 0 bridgehead atoms. The topological polar surface area (TPSA) is 85.0 Å². The molecule has 8 heteroatoms. The maximum atomic E-state index is 4.74. The van der Waals surface area contributed by atoms with Crippen molar-refractivity contribution in [3.05, 3.63) is 23.8 Å². The van der Waals surface area contributed by atoms with Gasteiger partial charge in [0.25, 0.3) is 5.78 Å². The van der Waals surface area contributed by atoms with Gasteiger partial charge in [-0.1, -0.05) is 13.8 Å². The smallest absolute Gasteiger partial charge is 0.272 e. The summed E-state index contributed by atoms with van der Waals surface area (Å²) in [4.78, 5) is 15.8. The van der Waals surface area contributed by atoms with E-state index in [0.29, 0.717) is 11.5 Å². The highest BCUT2D eigenvalue weighted by Crippen LogP contribution is 2.23. The fourth-order valence-electron chi connectivity index (χ4n) is 3.13. The number of hydrogen-bond donors (Lipinski definition) is 0. The Morgan fingerprint density at radius 3 is 2.72 bits per heavy atom. The molecule has 4 heterocycles. The van der Waals surface area contributed by atoms with Gasteiger partial charge in [0, 0.05) is 25.7 Å². The van der Waals surface area contributed by atoms with Gasteiger partial charge in [0.2, 0.25) is 5.95 Å². The maximum absolute atomic E-state index is 4.74. The van der Waals surface area contributed by atoms with E-state index in [1.54, 1.807) is 10.7 Å². The molecule has 0 saturated carbocycles. The summed E-state index contributed by atoms with van der Waals surface area (Å²) in [5.41, 5.74) is 2.37. The van der Waals surface area contributed by atoms with Crippen molar-refractivity contribution in [2.45, 2.75) is 40.0 Å². The summed E-state index contributed by atoms with van der Waals surface area (Å²) < 4.78 is 1.74. The van der Waals surface area contributed by atoms with Crippen LogP contribution in [0.4, 0.5) is 5.95 Å². The molecule has 3 aromatic rings. The number of nitrogens with zero attached hydrogens (tertiary/aromatic N) is 8. The van der Waals surface area contributed by atoms with Crippen LogP contribution in [0.3, 0.4) is 0 Å². The van der Waals surface area contributed by atoms with Crippen molar-refractivity contribution in [3.63, 3.8) is 0 Å². The number of fused-ring (bicyclic) bond motifs is 1. The molecule has 0 unspecified atom stereocenters. The fraction of sp³-hybridized carbons (Fsp3) is 0.529. The van der Waals surface area contributed by atoms with E-state index in [2.05, 4.69) is 37.1 Å². The number of aryl methyl sites for hydroxylation is 2. The highest BCUT2D eigenvalue weighted by atomic mass is 15.4. The molecule has 1 aliphatic heterocycles. The van der Waals surface area contributed by atoms with E-state index in [1.807, 2.05) is 19.9 Å². The molecule has 0 spiro atoms. The average molecular weight is 338 g/mol. The third kappa shape index (κ3) is 2.92. The van der Waals surface area contributed by atoms with Crippen LogP contribution in [0, 0.1) is 12.8 Å². The minimum absolute atomic E-state index is 0.525. The van der Waals surface area contributed by atoms with Gasteiger partial charge in [0.15, 0.2) is 5.82 Å². The minimum atomic E-state index is 0.525. The molecule has 0 atom stereocenters. The van der Waals surface area contributed by atoms with Gasteiger partial charge < -0.3 is 4.90 Å². The number of anilines is 1. The van der Waals surface area contributed by atoms with Crippen molar-refractivity contribution < 1.29 is 0 Å². The van der Waals surface area contributed by atoms with E-state index in [1.165, 1.54) is 12.8 Å². The highest BCUT2D eigenvalue weighted by Gasteiger charge is 2.19. The number of aromatic nitrogens is 7. The summed E-state index contributed by atoms with van der Waals surface area (Å²) in [7, 11) is 0. The van der Waals surface area contributed by atoms with E-state index >= 15 is 0 Å².